The van der Waals surface area contributed by atoms with Crippen molar-refractivity contribution in [2.75, 3.05) is 13.7 Å². The maximum atomic E-state index is 11.5. The van der Waals surface area contributed by atoms with Crippen molar-refractivity contribution >= 4 is 18.0 Å². The van der Waals surface area contributed by atoms with E-state index >= 15 is 0 Å². The van der Waals surface area contributed by atoms with E-state index in [0.29, 0.717) is 6.54 Å². The normalized spacial score (nSPS) is 15.2. The summed E-state index contributed by atoms with van der Waals surface area (Å²) in [5, 5.41) is 13.9. The number of ether oxygens (including phenoxy) is 1. The molecule has 114 valence electrons. The summed E-state index contributed by atoms with van der Waals surface area (Å²) in [7, 11) is 1.23. The van der Waals surface area contributed by atoms with Gasteiger partial charge in [-0.15, -0.1) is 0 Å². The molecule has 1 atom stereocenters. The van der Waals surface area contributed by atoms with E-state index in [4.69, 9.17) is 5.11 Å². The maximum Gasteiger partial charge on any atom is 0.326 e. The Labute approximate surface area is 118 Å². The molecule has 2 amide bonds. The van der Waals surface area contributed by atoms with Gasteiger partial charge in [-0.05, 0) is 25.2 Å². The average Bonchev–Trinajstić information content (AvgIpc) is 3.22. The van der Waals surface area contributed by atoms with Gasteiger partial charge in [-0.3, -0.25) is 4.79 Å². The number of carbonyl (C=O) groups is 3. The molecule has 1 saturated carbocycles. The minimum absolute atomic E-state index is 0.0114. The van der Waals surface area contributed by atoms with Crippen LogP contribution in [-0.4, -0.2) is 42.8 Å². The van der Waals surface area contributed by atoms with Crippen molar-refractivity contribution in [1.82, 2.24) is 10.6 Å². The Bertz CT molecular complexity index is 355. The fraction of sp³-hybridized carbons (Fsp3) is 0.769. The second-order valence-corrected chi connectivity index (χ2v) is 4.99. The van der Waals surface area contributed by atoms with Crippen molar-refractivity contribution in [2.24, 2.45) is 5.92 Å². The van der Waals surface area contributed by atoms with Crippen LogP contribution in [0.5, 0.6) is 0 Å². The zero-order valence-corrected chi connectivity index (χ0v) is 11.7. The van der Waals surface area contributed by atoms with Crippen LogP contribution in [0.2, 0.25) is 0 Å². The van der Waals surface area contributed by atoms with Crippen LogP contribution >= 0.6 is 0 Å². The van der Waals surface area contributed by atoms with E-state index in [1.54, 1.807) is 0 Å². The molecule has 0 aromatic rings. The topological polar surface area (TPSA) is 105 Å². The fourth-order valence-electron chi connectivity index (χ4n) is 1.83. The lowest BCUT2D eigenvalue weighted by molar-refractivity contribution is -0.142. The highest BCUT2D eigenvalue weighted by Crippen LogP contribution is 2.33. The summed E-state index contributed by atoms with van der Waals surface area (Å²) in [6.07, 6.45) is 4.53. The van der Waals surface area contributed by atoms with Gasteiger partial charge in [-0.25, -0.2) is 9.59 Å². The first-order valence-electron chi connectivity index (χ1n) is 6.87. The Morgan fingerprint density at radius 1 is 1.35 bits per heavy atom. The van der Waals surface area contributed by atoms with Gasteiger partial charge in [0.15, 0.2) is 0 Å². The molecule has 0 saturated heterocycles. The Balaban J connectivity index is 2.19. The fourth-order valence-corrected chi connectivity index (χ4v) is 1.83. The average molecular weight is 286 g/mol. The molecule has 0 aliphatic heterocycles. The van der Waals surface area contributed by atoms with E-state index in [2.05, 4.69) is 15.4 Å². The maximum absolute atomic E-state index is 11.5. The molecule has 3 N–H and O–H groups in total. The van der Waals surface area contributed by atoms with Crippen molar-refractivity contribution in [2.45, 2.75) is 44.6 Å². The van der Waals surface area contributed by atoms with E-state index in [-0.39, 0.29) is 12.8 Å². The molecule has 7 heteroatoms. The molecule has 0 heterocycles. The lowest BCUT2D eigenvalue weighted by atomic mass is 10.1. The predicted molar refractivity (Wildman–Crippen MR) is 71.2 cm³/mol. The summed E-state index contributed by atoms with van der Waals surface area (Å²) >= 11 is 0. The highest BCUT2D eigenvalue weighted by Gasteiger charge is 2.22. The third-order valence-electron chi connectivity index (χ3n) is 3.24. The van der Waals surface area contributed by atoms with Gasteiger partial charge in [0.2, 0.25) is 0 Å². The molecular formula is C13H22N2O5. The zero-order chi connectivity index (χ0) is 15.0. The molecule has 0 bridgehead atoms. The number of hydrogen-bond donors (Lipinski definition) is 3. The molecule has 1 aliphatic rings. The molecule has 1 fully saturated rings. The van der Waals surface area contributed by atoms with Crippen LogP contribution in [0, 0.1) is 5.92 Å². The number of nitrogens with one attached hydrogen (secondary N) is 2. The lowest BCUT2D eigenvalue weighted by Gasteiger charge is -2.14. The molecule has 0 radical (unpaired) electrons. The van der Waals surface area contributed by atoms with E-state index < -0.39 is 24.0 Å². The van der Waals surface area contributed by atoms with Crippen LogP contribution in [0.4, 0.5) is 4.79 Å². The van der Waals surface area contributed by atoms with Crippen LogP contribution in [-0.2, 0) is 14.3 Å². The molecule has 0 aromatic heterocycles. The van der Waals surface area contributed by atoms with E-state index in [1.807, 2.05) is 0 Å². The van der Waals surface area contributed by atoms with Gasteiger partial charge >= 0.3 is 18.0 Å². The number of rotatable bonds is 9. The molecule has 0 unspecified atom stereocenters. The molecule has 0 spiro atoms. The van der Waals surface area contributed by atoms with E-state index in [0.717, 1.165) is 18.8 Å². The summed E-state index contributed by atoms with van der Waals surface area (Å²) in [4.78, 5) is 33.5. The van der Waals surface area contributed by atoms with Crippen molar-refractivity contribution in [3.05, 3.63) is 0 Å². The number of urea groups is 1. The van der Waals surface area contributed by atoms with Crippen LogP contribution in [0.3, 0.4) is 0 Å². The largest absolute Gasteiger partial charge is 0.480 e. The number of methoxy groups -OCH3 is 1. The van der Waals surface area contributed by atoms with Crippen molar-refractivity contribution in [1.29, 1.82) is 0 Å². The third kappa shape index (κ3) is 6.96. The Morgan fingerprint density at radius 3 is 2.60 bits per heavy atom. The van der Waals surface area contributed by atoms with Gasteiger partial charge < -0.3 is 20.5 Å². The van der Waals surface area contributed by atoms with Gasteiger partial charge in [0.25, 0.3) is 0 Å². The highest BCUT2D eigenvalue weighted by atomic mass is 16.5. The second kappa shape index (κ2) is 8.39. The van der Waals surface area contributed by atoms with Crippen LogP contribution in [0.1, 0.15) is 38.5 Å². The zero-order valence-electron chi connectivity index (χ0n) is 11.7. The van der Waals surface area contributed by atoms with Gasteiger partial charge in [-0.1, -0.05) is 12.8 Å². The highest BCUT2D eigenvalue weighted by molar-refractivity contribution is 5.83. The van der Waals surface area contributed by atoms with Gasteiger partial charge in [0, 0.05) is 13.0 Å². The number of carbonyl (C=O) groups excluding carboxylic acids is 2. The first-order chi connectivity index (χ1) is 9.52. The predicted octanol–water partition coefficient (Wildman–Crippen LogP) is 0.882. The minimum atomic E-state index is -1.16. The first kappa shape index (κ1) is 16.3. The summed E-state index contributed by atoms with van der Waals surface area (Å²) in [5.41, 5.74) is 0. The Morgan fingerprint density at radius 2 is 2.05 bits per heavy atom. The van der Waals surface area contributed by atoms with Crippen LogP contribution < -0.4 is 10.6 Å². The Kier molecular flexibility index (Phi) is 6.83. The minimum Gasteiger partial charge on any atom is -0.480 e. The van der Waals surface area contributed by atoms with Gasteiger partial charge in [0.05, 0.1) is 7.11 Å². The first-order valence-corrected chi connectivity index (χ1v) is 6.87. The van der Waals surface area contributed by atoms with Gasteiger partial charge in [-0.2, -0.15) is 0 Å². The number of aliphatic carboxylic acids is 1. The van der Waals surface area contributed by atoms with Crippen LogP contribution in [0.15, 0.2) is 0 Å². The molecular weight excluding hydrogens is 264 g/mol. The summed E-state index contributed by atoms with van der Waals surface area (Å²) in [6.45, 7) is 0.533. The monoisotopic (exact) mass is 286 g/mol. The third-order valence-corrected chi connectivity index (χ3v) is 3.24. The lowest BCUT2D eigenvalue weighted by Crippen LogP contribution is -2.46. The van der Waals surface area contributed by atoms with Crippen molar-refractivity contribution in [3.8, 4) is 0 Å². The summed E-state index contributed by atoms with van der Waals surface area (Å²) in [5.74, 6) is -0.850. The number of esters is 1. The standard InChI is InChI=1S/C13H22N2O5/c1-20-11(16)7-6-10(12(17)18)15-13(19)14-8-2-3-9-4-5-9/h9-10H,2-8H2,1H3,(H,17,18)(H2,14,15,19)/t10-/m1/s1. The van der Waals surface area contributed by atoms with E-state index in [1.165, 1.54) is 20.0 Å². The SMILES string of the molecule is COC(=O)CC[C@@H](NC(=O)NCCCC1CC1)C(=O)O. The van der Waals surface area contributed by atoms with Crippen molar-refractivity contribution < 1.29 is 24.2 Å². The quantitative estimate of drug-likeness (QED) is 0.431. The molecule has 1 rings (SSSR count). The second-order valence-electron chi connectivity index (χ2n) is 4.99. The van der Waals surface area contributed by atoms with Crippen molar-refractivity contribution in [3.63, 3.8) is 0 Å². The molecule has 7 nitrogen and oxygen atoms in total. The van der Waals surface area contributed by atoms with Gasteiger partial charge in [0.1, 0.15) is 6.04 Å². The summed E-state index contributed by atoms with van der Waals surface area (Å²) in [6, 6.07) is -1.60. The molecule has 0 aromatic carbocycles. The molecule has 1 aliphatic carbocycles. The number of carboxylic acids is 1. The number of amides is 2. The summed E-state index contributed by atoms with van der Waals surface area (Å²) < 4.78 is 4.43. The number of hydrogen-bond acceptors (Lipinski definition) is 4. The Hall–Kier alpha value is -1.79. The van der Waals surface area contributed by atoms with E-state index in [9.17, 15) is 14.4 Å². The smallest absolute Gasteiger partial charge is 0.326 e. The van der Waals surface area contributed by atoms with Crippen LogP contribution in [0.25, 0.3) is 0 Å². The number of carboxylic acid groups (broad SMARTS) is 1. The molecule has 20 heavy (non-hydrogen) atoms.